The van der Waals surface area contributed by atoms with Crippen LogP contribution in [0.2, 0.25) is 0 Å². The number of nitrogens with one attached hydrogen (secondary N) is 1. The van der Waals surface area contributed by atoms with Gasteiger partial charge in [-0.15, -0.1) is 0 Å². The Kier molecular flexibility index (Phi) is 3.12. The van der Waals surface area contributed by atoms with Crippen molar-refractivity contribution in [3.05, 3.63) is 42.3 Å². The van der Waals surface area contributed by atoms with Gasteiger partial charge in [-0.1, -0.05) is 0 Å². The number of hydrogen-bond donors (Lipinski definition) is 1. The van der Waals surface area contributed by atoms with E-state index in [2.05, 4.69) is 5.32 Å². The normalized spacial score (nSPS) is 18.6. The summed E-state index contributed by atoms with van der Waals surface area (Å²) >= 11 is 0. The number of alkyl halides is 3. The van der Waals surface area contributed by atoms with Gasteiger partial charge in [-0.05, 0) is 24.3 Å². The first-order chi connectivity index (χ1) is 8.05. The Morgan fingerprint density at radius 2 is 1.94 bits per heavy atom. The number of halogens is 3. The van der Waals surface area contributed by atoms with Crippen LogP contribution in [0.3, 0.4) is 0 Å². The molecule has 6 heteroatoms. The van der Waals surface area contributed by atoms with Crippen molar-refractivity contribution in [2.75, 3.05) is 6.61 Å². The van der Waals surface area contributed by atoms with Crippen molar-refractivity contribution in [3.8, 4) is 5.75 Å². The number of hydrogen-bond acceptors (Lipinski definition) is 3. The minimum absolute atomic E-state index is 0.221. The minimum atomic E-state index is -4.32. The first-order valence-electron chi connectivity index (χ1n) is 4.92. The lowest BCUT2D eigenvalue weighted by molar-refractivity contribution is -0.137. The summed E-state index contributed by atoms with van der Waals surface area (Å²) in [4.78, 5) is 0. The molecule has 1 aliphatic heterocycles. The number of rotatable bonds is 3. The highest BCUT2D eigenvalue weighted by Crippen LogP contribution is 2.30. The third-order valence-electron chi connectivity index (χ3n) is 2.18. The van der Waals surface area contributed by atoms with Gasteiger partial charge in [0.05, 0.1) is 5.56 Å². The van der Waals surface area contributed by atoms with E-state index < -0.39 is 11.7 Å². The molecule has 0 aliphatic carbocycles. The van der Waals surface area contributed by atoms with Crippen LogP contribution in [0.25, 0.3) is 0 Å². The SMILES string of the molecule is FC(F)(F)c1ccc(OCC2NC=CO2)cc1. The van der Waals surface area contributed by atoms with Gasteiger partial charge in [-0.3, -0.25) is 0 Å². The van der Waals surface area contributed by atoms with E-state index in [-0.39, 0.29) is 12.8 Å². The van der Waals surface area contributed by atoms with Crippen molar-refractivity contribution < 1.29 is 22.6 Å². The zero-order chi connectivity index (χ0) is 12.3. The van der Waals surface area contributed by atoms with Crippen LogP contribution in [-0.2, 0) is 10.9 Å². The molecular weight excluding hydrogens is 235 g/mol. The molecule has 0 saturated heterocycles. The summed E-state index contributed by atoms with van der Waals surface area (Å²) in [5, 5.41) is 2.85. The largest absolute Gasteiger partial charge is 0.488 e. The zero-order valence-electron chi connectivity index (χ0n) is 8.70. The van der Waals surface area contributed by atoms with Crippen molar-refractivity contribution in [3.63, 3.8) is 0 Å². The molecule has 0 fully saturated rings. The van der Waals surface area contributed by atoms with Crippen LogP contribution < -0.4 is 10.1 Å². The summed E-state index contributed by atoms with van der Waals surface area (Å²) in [5.41, 5.74) is -0.693. The van der Waals surface area contributed by atoms with Crippen LogP contribution in [0.5, 0.6) is 5.75 Å². The molecule has 1 aliphatic rings. The van der Waals surface area contributed by atoms with Gasteiger partial charge in [-0.25, -0.2) is 0 Å². The van der Waals surface area contributed by atoms with Crippen molar-refractivity contribution in [2.45, 2.75) is 12.4 Å². The Morgan fingerprint density at radius 3 is 2.47 bits per heavy atom. The van der Waals surface area contributed by atoms with Crippen molar-refractivity contribution in [1.82, 2.24) is 5.32 Å². The van der Waals surface area contributed by atoms with Crippen molar-refractivity contribution in [1.29, 1.82) is 0 Å². The zero-order valence-corrected chi connectivity index (χ0v) is 8.70. The fourth-order valence-corrected chi connectivity index (χ4v) is 1.32. The fourth-order valence-electron chi connectivity index (χ4n) is 1.32. The molecule has 0 spiro atoms. The third kappa shape index (κ3) is 3.05. The van der Waals surface area contributed by atoms with Gasteiger partial charge < -0.3 is 14.8 Å². The van der Waals surface area contributed by atoms with E-state index in [1.165, 1.54) is 18.4 Å². The van der Waals surface area contributed by atoms with Crippen LogP contribution in [-0.4, -0.2) is 12.8 Å². The van der Waals surface area contributed by atoms with Gasteiger partial charge in [-0.2, -0.15) is 13.2 Å². The highest BCUT2D eigenvalue weighted by atomic mass is 19.4. The molecule has 1 heterocycles. The standard InChI is InChI=1S/C11H10F3NO2/c12-11(13,14)8-1-3-9(4-2-8)17-7-10-15-5-6-16-10/h1-6,10,15H,7H2. The van der Waals surface area contributed by atoms with Crippen molar-refractivity contribution in [2.24, 2.45) is 0 Å². The highest BCUT2D eigenvalue weighted by Gasteiger charge is 2.30. The molecule has 1 aromatic rings. The molecule has 2 rings (SSSR count). The first kappa shape index (κ1) is 11.6. The van der Waals surface area contributed by atoms with E-state index in [4.69, 9.17) is 9.47 Å². The Balaban J connectivity index is 1.89. The maximum atomic E-state index is 12.3. The lowest BCUT2D eigenvalue weighted by atomic mass is 10.2. The Labute approximate surface area is 95.8 Å². The second-order valence-electron chi connectivity index (χ2n) is 3.43. The molecule has 0 saturated carbocycles. The van der Waals surface area contributed by atoms with E-state index in [0.29, 0.717) is 5.75 Å². The summed E-state index contributed by atoms with van der Waals surface area (Å²) in [7, 11) is 0. The molecule has 92 valence electrons. The van der Waals surface area contributed by atoms with E-state index in [0.717, 1.165) is 12.1 Å². The molecule has 17 heavy (non-hydrogen) atoms. The molecule has 0 bridgehead atoms. The Hall–Kier alpha value is -1.85. The summed E-state index contributed by atoms with van der Waals surface area (Å²) in [6.07, 6.45) is -1.50. The Morgan fingerprint density at radius 1 is 1.24 bits per heavy atom. The molecule has 0 aromatic heterocycles. The Bertz CT molecular complexity index is 392. The van der Waals surface area contributed by atoms with Crippen LogP contribution in [0.4, 0.5) is 13.2 Å². The summed E-state index contributed by atoms with van der Waals surface area (Å²) in [5.74, 6) is 0.371. The molecule has 1 aromatic carbocycles. The molecular formula is C11H10F3NO2. The maximum Gasteiger partial charge on any atom is 0.416 e. The lowest BCUT2D eigenvalue weighted by Gasteiger charge is -2.13. The highest BCUT2D eigenvalue weighted by molar-refractivity contribution is 5.28. The second-order valence-corrected chi connectivity index (χ2v) is 3.43. The van der Waals surface area contributed by atoms with E-state index >= 15 is 0 Å². The van der Waals surface area contributed by atoms with Gasteiger partial charge in [0, 0.05) is 6.20 Å². The van der Waals surface area contributed by atoms with Crippen LogP contribution >= 0.6 is 0 Å². The minimum Gasteiger partial charge on any atom is -0.488 e. The van der Waals surface area contributed by atoms with Gasteiger partial charge in [0.1, 0.15) is 18.6 Å². The van der Waals surface area contributed by atoms with Gasteiger partial charge in [0.2, 0.25) is 6.23 Å². The average molecular weight is 245 g/mol. The predicted octanol–water partition coefficient (Wildman–Crippen LogP) is 2.50. The third-order valence-corrected chi connectivity index (χ3v) is 2.18. The second kappa shape index (κ2) is 4.57. The quantitative estimate of drug-likeness (QED) is 0.887. The van der Waals surface area contributed by atoms with Crippen LogP contribution in [0.1, 0.15) is 5.56 Å². The molecule has 1 atom stereocenters. The number of benzene rings is 1. The topological polar surface area (TPSA) is 30.5 Å². The first-order valence-corrected chi connectivity index (χ1v) is 4.92. The van der Waals surface area contributed by atoms with E-state index in [9.17, 15) is 13.2 Å². The fraction of sp³-hybridized carbons (Fsp3) is 0.273. The lowest BCUT2D eigenvalue weighted by Crippen LogP contribution is -2.28. The maximum absolute atomic E-state index is 12.3. The van der Waals surface area contributed by atoms with Crippen LogP contribution in [0.15, 0.2) is 36.7 Å². The summed E-state index contributed by atoms with van der Waals surface area (Å²) < 4.78 is 47.1. The average Bonchev–Trinajstić information content (AvgIpc) is 2.78. The predicted molar refractivity (Wildman–Crippen MR) is 54.1 cm³/mol. The summed E-state index contributed by atoms with van der Waals surface area (Å²) in [6, 6.07) is 4.53. The molecule has 0 amide bonds. The van der Waals surface area contributed by atoms with E-state index in [1.807, 2.05) is 0 Å². The number of ether oxygens (including phenoxy) is 2. The molecule has 3 nitrogen and oxygen atoms in total. The van der Waals surface area contributed by atoms with Crippen molar-refractivity contribution >= 4 is 0 Å². The monoisotopic (exact) mass is 245 g/mol. The molecule has 1 unspecified atom stereocenters. The van der Waals surface area contributed by atoms with Gasteiger partial charge in [0.15, 0.2) is 0 Å². The van der Waals surface area contributed by atoms with Gasteiger partial charge >= 0.3 is 6.18 Å². The summed E-state index contributed by atoms with van der Waals surface area (Å²) in [6.45, 7) is 0.221. The smallest absolute Gasteiger partial charge is 0.416 e. The van der Waals surface area contributed by atoms with E-state index in [1.54, 1.807) is 6.20 Å². The molecule has 0 radical (unpaired) electrons. The molecule has 1 N–H and O–H groups in total. The van der Waals surface area contributed by atoms with Crippen LogP contribution in [0, 0.1) is 0 Å². The van der Waals surface area contributed by atoms with Gasteiger partial charge in [0.25, 0.3) is 0 Å².